The highest BCUT2D eigenvalue weighted by atomic mass is 16.5. The summed E-state index contributed by atoms with van der Waals surface area (Å²) in [7, 11) is 0. The fraction of sp³-hybridized carbons (Fsp3) is 0.188. The summed E-state index contributed by atoms with van der Waals surface area (Å²) >= 11 is 0. The van der Waals surface area contributed by atoms with Crippen LogP contribution >= 0.6 is 0 Å². The van der Waals surface area contributed by atoms with E-state index in [9.17, 15) is 0 Å². The van der Waals surface area contributed by atoms with Crippen molar-refractivity contribution < 1.29 is 9.26 Å². The van der Waals surface area contributed by atoms with Crippen molar-refractivity contribution in [2.24, 2.45) is 0 Å². The summed E-state index contributed by atoms with van der Waals surface area (Å²) in [6.07, 6.45) is 8.52. The molecule has 4 aromatic rings. The summed E-state index contributed by atoms with van der Waals surface area (Å²) in [6, 6.07) is 3.57. The summed E-state index contributed by atoms with van der Waals surface area (Å²) in [5.41, 5.74) is 2.19. The highest BCUT2D eigenvalue weighted by Gasteiger charge is 2.15. The zero-order valence-corrected chi connectivity index (χ0v) is 13.1. The Bertz CT molecular complexity index is 991. The zero-order valence-electron chi connectivity index (χ0n) is 13.1. The largest absolute Gasteiger partial charge is 0.475 e. The zero-order chi connectivity index (χ0) is 16.5. The van der Waals surface area contributed by atoms with Gasteiger partial charge in [0.1, 0.15) is 5.69 Å². The number of aromatic nitrogens is 6. The predicted octanol–water partition coefficient (Wildman–Crippen LogP) is 2.63. The molecule has 0 aliphatic rings. The average molecular weight is 322 g/mol. The van der Waals surface area contributed by atoms with E-state index in [1.54, 1.807) is 43.1 Å². The maximum Gasteiger partial charge on any atom is 0.258 e. The lowest BCUT2D eigenvalue weighted by Crippen LogP contribution is -2.06. The van der Waals surface area contributed by atoms with Crippen LogP contribution in [-0.2, 0) is 0 Å². The molecule has 8 nitrogen and oxygen atoms in total. The number of rotatable bonds is 4. The SMILES string of the molecule is CC(C)Oc1cc(-c2nc(-c3cnc4cnccn34)no2)ccn1. The van der Waals surface area contributed by atoms with Gasteiger partial charge >= 0.3 is 0 Å². The van der Waals surface area contributed by atoms with Gasteiger partial charge in [-0.2, -0.15) is 4.98 Å². The molecule has 0 bridgehead atoms. The van der Waals surface area contributed by atoms with Crippen molar-refractivity contribution in [1.82, 2.24) is 29.5 Å². The molecule has 4 rings (SSSR count). The second-order valence-corrected chi connectivity index (χ2v) is 5.42. The van der Waals surface area contributed by atoms with Crippen LogP contribution in [0, 0.1) is 0 Å². The van der Waals surface area contributed by atoms with Crippen molar-refractivity contribution in [1.29, 1.82) is 0 Å². The summed E-state index contributed by atoms with van der Waals surface area (Å²) in [4.78, 5) is 16.9. The van der Waals surface area contributed by atoms with E-state index in [1.807, 2.05) is 18.2 Å². The van der Waals surface area contributed by atoms with Gasteiger partial charge in [-0.15, -0.1) is 0 Å². The summed E-state index contributed by atoms with van der Waals surface area (Å²) < 4.78 is 12.8. The molecule has 0 aromatic carbocycles. The third-order valence-electron chi connectivity index (χ3n) is 3.31. The first-order valence-electron chi connectivity index (χ1n) is 7.45. The van der Waals surface area contributed by atoms with Crippen LogP contribution < -0.4 is 4.74 Å². The Hall–Kier alpha value is -3.29. The number of nitrogens with zero attached hydrogens (tertiary/aromatic N) is 6. The van der Waals surface area contributed by atoms with E-state index in [0.717, 1.165) is 16.9 Å². The summed E-state index contributed by atoms with van der Waals surface area (Å²) in [5.74, 6) is 1.36. The summed E-state index contributed by atoms with van der Waals surface area (Å²) in [5, 5.41) is 4.05. The number of imidazole rings is 1. The first kappa shape index (κ1) is 14.3. The van der Waals surface area contributed by atoms with E-state index < -0.39 is 0 Å². The van der Waals surface area contributed by atoms with Gasteiger partial charge in [0.15, 0.2) is 5.65 Å². The fourth-order valence-electron chi connectivity index (χ4n) is 2.30. The lowest BCUT2D eigenvalue weighted by molar-refractivity contribution is 0.232. The third kappa shape index (κ3) is 2.58. The quantitative estimate of drug-likeness (QED) is 0.570. The van der Waals surface area contributed by atoms with Gasteiger partial charge < -0.3 is 9.26 Å². The van der Waals surface area contributed by atoms with Gasteiger partial charge in [0.25, 0.3) is 5.89 Å². The lowest BCUT2D eigenvalue weighted by atomic mass is 10.2. The van der Waals surface area contributed by atoms with E-state index in [0.29, 0.717) is 17.6 Å². The standard InChI is InChI=1S/C16H14N6O2/c1-10(2)23-14-7-11(3-4-18-14)16-20-15(21-24-16)12-8-19-13-9-17-5-6-22(12)13/h3-10H,1-2H3. The fourth-order valence-corrected chi connectivity index (χ4v) is 2.30. The maximum absolute atomic E-state index is 5.59. The molecule has 24 heavy (non-hydrogen) atoms. The maximum atomic E-state index is 5.59. The van der Waals surface area contributed by atoms with E-state index in [-0.39, 0.29) is 6.10 Å². The van der Waals surface area contributed by atoms with Gasteiger partial charge in [0.2, 0.25) is 11.7 Å². The van der Waals surface area contributed by atoms with E-state index in [1.165, 1.54) is 0 Å². The molecule has 0 atom stereocenters. The van der Waals surface area contributed by atoms with Crippen molar-refractivity contribution in [3.63, 3.8) is 0 Å². The number of hydrogen-bond acceptors (Lipinski definition) is 7. The van der Waals surface area contributed by atoms with Crippen LogP contribution in [0.15, 0.2) is 47.6 Å². The summed E-state index contributed by atoms with van der Waals surface area (Å²) in [6.45, 7) is 3.89. The highest BCUT2D eigenvalue weighted by molar-refractivity contribution is 5.60. The molecule has 0 amide bonds. The number of ether oxygens (including phenoxy) is 1. The smallest absolute Gasteiger partial charge is 0.258 e. The predicted molar refractivity (Wildman–Crippen MR) is 85.3 cm³/mol. The topological polar surface area (TPSA) is 91.2 Å². The molecule has 0 fully saturated rings. The Morgan fingerprint density at radius 3 is 2.96 bits per heavy atom. The molecule has 0 aliphatic carbocycles. The number of pyridine rings is 1. The molecule has 0 spiro atoms. The van der Waals surface area contributed by atoms with Crippen molar-refractivity contribution in [3.05, 3.63) is 43.1 Å². The molecule has 0 aliphatic heterocycles. The Morgan fingerprint density at radius 2 is 2.08 bits per heavy atom. The van der Waals surface area contributed by atoms with Gasteiger partial charge in [0, 0.05) is 30.2 Å². The minimum atomic E-state index is 0.0396. The molecule has 0 saturated carbocycles. The molecule has 0 N–H and O–H groups in total. The van der Waals surface area contributed by atoms with Crippen LogP contribution in [0.2, 0.25) is 0 Å². The number of hydrogen-bond donors (Lipinski definition) is 0. The second kappa shape index (κ2) is 5.73. The van der Waals surface area contributed by atoms with Crippen LogP contribution in [0.4, 0.5) is 0 Å². The monoisotopic (exact) mass is 322 g/mol. The first-order chi connectivity index (χ1) is 11.7. The van der Waals surface area contributed by atoms with Crippen LogP contribution in [0.5, 0.6) is 5.88 Å². The Morgan fingerprint density at radius 1 is 1.17 bits per heavy atom. The molecule has 4 heterocycles. The minimum Gasteiger partial charge on any atom is -0.475 e. The van der Waals surface area contributed by atoms with Crippen LogP contribution in [0.25, 0.3) is 28.6 Å². The molecule has 0 radical (unpaired) electrons. The van der Waals surface area contributed by atoms with E-state index in [2.05, 4.69) is 25.1 Å². The second-order valence-electron chi connectivity index (χ2n) is 5.42. The molecule has 120 valence electrons. The first-order valence-corrected chi connectivity index (χ1v) is 7.45. The van der Waals surface area contributed by atoms with Crippen molar-refractivity contribution in [2.75, 3.05) is 0 Å². The van der Waals surface area contributed by atoms with Crippen LogP contribution in [-0.4, -0.2) is 35.6 Å². The lowest BCUT2D eigenvalue weighted by Gasteiger charge is -2.08. The molecule has 0 saturated heterocycles. The molecule has 4 aromatic heterocycles. The normalized spacial score (nSPS) is 11.3. The van der Waals surface area contributed by atoms with Gasteiger partial charge in [0.05, 0.1) is 18.5 Å². The van der Waals surface area contributed by atoms with Gasteiger partial charge in [-0.05, 0) is 19.9 Å². The highest BCUT2D eigenvalue weighted by Crippen LogP contribution is 2.24. The minimum absolute atomic E-state index is 0.0396. The van der Waals surface area contributed by atoms with Gasteiger partial charge in [-0.1, -0.05) is 5.16 Å². The van der Waals surface area contributed by atoms with Crippen LogP contribution in [0.1, 0.15) is 13.8 Å². The van der Waals surface area contributed by atoms with Crippen molar-refractivity contribution in [2.45, 2.75) is 20.0 Å². The van der Waals surface area contributed by atoms with Gasteiger partial charge in [-0.25, -0.2) is 9.97 Å². The average Bonchev–Trinajstić information content (AvgIpc) is 3.21. The molecule has 0 unspecified atom stereocenters. The van der Waals surface area contributed by atoms with Crippen LogP contribution in [0.3, 0.4) is 0 Å². The molecular formula is C16H14N6O2. The van der Waals surface area contributed by atoms with E-state index >= 15 is 0 Å². The Labute approximate surface area is 137 Å². The molecule has 8 heteroatoms. The van der Waals surface area contributed by atoms with E-state index in [4.69, 9.17) is 9.26 Å². The van der Waals surface area contributed by atoms with Crippen molar-refractivity contribution >= 4 is 5.65 Å². The Kier molecular flexibility index (Phi) is 3.42. The third-order valence-corrected chi connectivity index (χ3v) is 3.31. The molecular weight excluding hydrogens is 308 g/mol. The van der Waals surface area contributed by atoms with Crippen molar-refractivity contribution in [3.8, 4) is 28.9 Å². The number of fused-ring (bicyclic) bond motifs is 1. The van der Waals surface area contributed by atoms with Gasteiger partial charge in [-0.3, -0.25) is 9.38 Å². The Balaban J connectivity index is 1.70.